The average molecular weight is 235 g/mol. The fourth-order valence-electron chi connectivity index (χ4n) is 2.27. The van der Waals surface area contributed by atoms with Gasteiger partial charge in [-0.25, -0.2) is 0 Å². The minimum Gasteiger partial charge on any atom is -0.508 e. The Kier molecular flexibility index (Phi) is 3.40. The van der Waals surface area contributed by atoms with Crippen molar-refractivity contribution in [3.05, 3.63) is 29.3 Å². The van der Waals surface area contributed by atoms with Gasteiger partial charge in [0.15, 0.2) is 0 Å². The third kappa shape index (κ3) is 2.79. The summed E-state index contributed by atoms with van der Waals surface area (Å²) in [4.78, 5) is 0. The average Bonchev–Trinajstić information content (AvgIpc) is 2.69. The maximum atomic E-state index is 9.43. The van der Waals surface area contributed by atoms with Crippen LogP contribution < -0.4 is 5.32 Å². The van der Waals surface area contributed by atoms with Gasteiger partial charge in [0.25, 0.3) is 0 Å². The summed E-state index contributed by atoms with van der Waals surface area (Å²) in [6, 6.07) is 5.96. The third-order valence-electron chi connectivity index (χ3n) is 3.46. The molecule has 0 aromatic heterocycles. The van der Waals surface area contributed by atoms with Gasteiger partial charge in [-0.15, -0.1) is 0 Å². The Labute approximate surface area is 102 Å². The van der Waals surface area contributed by atoms with Gasteiger partial charge in [0, 0.05) is 24.6 Å². The lowest BCUT2D eigenvalue weighted by Gasteiger charge is -2.25. The van der Waals surface area contributed by atoms with E-state index >= 15 is 0 Å². The van der Waals surface area contributed by atoms with Gasteiger partial charge in [0.2, 0.25) is 0 Å². The summed E-state index contributed by atoms with van der Waals surface area (Å²) in [5, 5.41) is 22.2. The molecule has 1 atom stereocenters. The number of aromatic hydroxyl groups is 1. The first-order valence-corrected chi connectivity index (χ1v) is 6.18. The Morgan fingerprint density at radius 2 is 2.18 bits per heavy atom. The van der Waals surface area contributed by atoms with Crippen LogP contribution in [0.25, 0.3) is 0 Å². The topological polar surface area (TPSA) is 52.5 Å². The molecule has 3 nitrogen and oxygen atoms in total. The molecular weight excluding hydrogens is 214 g/mol. The monoisotopic (exact) mass is 235 g/mol. The second-order valence-corrected chi connectivity index (χ2v) is 5.68. The summed E-state index contributed by atoms with van der Waals surface area (Å²) in [6.45, 7) is 5.09. The van der Waals surface area contributed by atoms with Crippen molar-refractivity contribution in [2.75, 3.05) is 13.2 Å². The van der Waals surface area contributed by atoms with Crippen LogP contribution in [0.3, 0.4) is 0 Å². The fourth-order valence-corrected chi connectivity index (χ4v) is 2.27. The fraction of sp³-hybridized carbons (Fsp3) is 0.571. The van der Waals surface area contributed by atoms with Gasteiger partial charge in [-0.05, 0) is 36.1 Å². The van der Waals surface area contributed by atoms with Gasteiger partial charge < -0.3 is 15.5 Å². The molecule has 1 unspecified atom stereocenters. The van der Waals surface area contributed by atoms with E-state index in [-0.39, 0.29) is 12.0 Å². The number of nitrogens with one attached hydrogen (secondary N) is 1. The Morgan fingerprint density at radius 3 is 2.88 bits per heavy atom. The van der Waals surface area contributed by atoms with Gasteiger partial charge in [-0.1, -0.05) is 19.9 Å². The van der Waals surface area contributed by atoms with Gasteiger partial charge in [-0.3, -0.25) is 0 Å². The summed E-state index contributed by atoms with van der Waals surface area (Å²) in [6.07, 6.45) is 2.08. The van der Waals surface area contributed by atoms with Crippen LogP contribution in [-0.2, 0) is 6.42 Å². The first-order valence-electron chi connectivity index (χ1n) is 6.18. The van der Waals surface area contributed by atoms with Crippen molar-refractivity contribution in [2.24, 2.45) is 5.41 Å². The highest BCUT2D eigenvalue weighted by Crippen LogP contribution is 2.33. The van der Waals surface area contributed by atoms with Crippen molar-refractivity contribution in [3.8, 4) is 5.75 Å². The highest BCUT2D eigenvalue weighted by molar-refractivity contribution is 5.40. The first kappa shape index (κ1) is 12.4. The Bertz CT molecular complexity index is 401. The second-order valence-electron chi connectivity index (χ2n) is 5.68. The van der Waals surface area contributed by atoms with Crippen LogP contribution in [0.5, 0.6) is 5.75 Å². The van der Waals surface area contributed by atoms with E-state index < -0.39 is 0 Å². The standard InChI is InChI=1S/C14H21NO2/c1-14(2,9-16)8-15-13-6-3-10-7-11(17)4-5-12(10)13/h4-5,7,13,15-17H,3,6,8-9H2,1-2H3. The van der Waals surface area contributed by atoms with Crippen molar-refractivity contribution >= 4 is 0 Å². The molecular formula is C14H21NO2. The van der Waals surface area contributed by atoms with Crippen LogP contribution in [0.4, 0.5) is 0 Å². The van der Waals surface area contributed by atoms with Gasteiger partial charge in [0.1, 0.15) is 5.75 Å². The van der Waals surface area contributed by atoms with E-state index in [9.17, 15) is 10.2 Å². The molecule has 17 heavy (non-hydrogen) atoms. The zero-order valence-electron chi connectivity index (χ0n) is 10.5. The molecule has 0 heterocycles. The molecule has 0 aliphatic heterocycles. The number of phenolic OH excluding ortho intramolecular Hbond substituents is 1. The molecule has 1 aromatic rings. The Morgan fingerprint density at radius 1 is 1.41 bits per heavy atom. The number of aliphatic hydroxyl groups excluding tert-OH is 1. The number of phenols is 1. The zero-order chi connectivity index (χ0) is 12.5. The normalized spacial score (nSPS) is 19.4. The third-order valence-corrected chi connectivity index (χ3v) is 3.46. The smallest absolute Gasteiger partial charge is 0.115 e. The predicted octanol–water partition coefficient (Wildman–Crippen LogP) is 1.99. The number of fused-ring (bicyclic) bond motifs is 1. The van der Waals surface area contributed by atoms with Gasteiger partial charge >= 0.3 is 0 Å². The molecule has 1 aliphatic carbocycles. The summed E-state index contributed by atoms with van der Waals surface area (Å²) in [5.41, 5.74) is 2.44. The predicted molar refractivity (Wildman–Crippen MR) is 68.0 cm³/mol. The largest absolute Gasteiger partial charge is 0.508 e. The van der Waals surface area contributed by atoms with Crippen molar-refractivity contribution in [2.45, 2.75) is 32.7 Å². The van der Waals surface area contributed by atoms with E-state index in [0.717, 1.165) is 19.4 Å². The summed E-state index contributed by atoms with van der Waals surface area (Å²) < 4.78 is 0. The SMILES string of the molecule is CC(C)(CO)CNC1CCc2cc(O)ccc21. The van der Waals surface area contributed by atoms with E-state index in [4.69, 9.17) is 0 Å². The number of benzene rings is 1. The molecule has 3 N–H and O–H groups in total. The quantitative estimate of drug-likeness (QED) is 0.748. The van der Waals surface area contributed by atoms with Crippen molar-refractivity contribution < 1.29 is 10.2 Å². The van der Waals surface area contributed by atoms with Crippen LogP contribution in [0.2, 0.25) is 0 Å². The van der Waals surface area contributed by atoms with Crippen molar-refractivity contribution in [1.82, 2.24) is 5.32 Å². The zero-order valence-corrected chi connectivity index (χ0v) is 10.5. The molecule has 0 saturated heterocycles. The lowest BCUT2D eigenvalue weighted by atomic mass is 9.94. The van der Waals surface area contributed by atoms with E-state index in [0.29, 0.717) is 11.8 Å². The molecule has 0 radical (unpaired) electrons. The molecule has 94 valence electrons. The van der Waals surface area contributed by atoms with Crippen molar-refractivity contribution in [3.63, 3.8) is 0 Å². The minimum atomic E-state index is -0.0837. The van der Waals surface area contributed by atoms with Crippen LogP contribution in [0.15, 0.2) is 18.2 Å². The van der Waals surface area contributed by atoms with Crippen molar-refractivity contribution in [1.29, 1.82) is 0 Å². The van der Waals surface area contributed by atoms with E-state index in [1.54, 1.807) is 6.07 Å². The van der Waals surface area contributed by atoms with E-state index in [1.807, 2.05) is 26.0 Å². The molecule has 1 aliphatic rings. The second kappa shape index (κ2) is 4.67. The summed E-state index contributed by atoms with van der Waals surface area (Å²) >= 11 is 0. The summed E-state index contributed by atoms with van der Waals surface area (Å²) in [5.74, 6) is 0.347. The van der Waals surface area contributed by atoms with Crippen LogP contribution in [0.1, 0.15) is 37.4 Å². The lowest BCUT2D eigenvalue weighted by molar-refractivity contribution is 0.153. The molecule has 0 bridgehead atoms. The molecule has 1 aromatic carbocycles. The summed E-state index contributed by atoms with van der Waals surface area (Å²) in [7, 11) is 0. The highest BCUT2D eigenvalue weighted by atomic mass is 16.3. The molecule has 2 rings (SSSR count). The number of aliphatic hydroxyl groups is 1. The van der Waals surface area contributed by atoms with E-state index in [1.165, 1.54) is 11.1 Å². The lowest BCUT2D eigenvalue weighted by Crippen LogP contribution is -2.34. The minimum absolute atomic E-state index is 0.0837. The Hall–Kier alpha value is -1.06. The van der Waals surface area contributed by atoms with Gasteiger partial charge in [-0.2, -0.15) is 0 Å². The number of hydrogen-bond donors (Lipinski definition) is 3. The Balaban J connectivity index is 2.03. The maximum Gasteiger partial charge on any atom is 0.115 e. The first-order chi connectivity index (χ1) is 8.02. The number of aryl methyl sites for hydroxylation is 1. The highest BCUT2D eigenvalue weighted by Gasteiger charge is 2.25. The van der Waals surface area contributed by atoms with Gasteiger partial charge in [0.05, 0.1) is 0 Å². The van der Waals surface area contributed by atoms with Crippen LogP contribution >= 0.6 is 0 Å². The van der Waals surface area contributed by atoms with Crippen LogP contribution in [-0.4, -0.2) is 23.4 Å². The maximum absolute atomic E-state index is 9.43. The molecule has 0 saturated carbocycles. The number of hydrogen-bond acceptors (Lipinski definition) is 3. The number of rotatable bonds is 4. The molecule has 3 heteroatoms. The molecule has 0 fully saturated rings. The molecule has 0 spiro atoms. The van der Waals surface area contributed by atoms with E-state index in [2.05, 4.69) is 5.32 Å². The molecule has 0 amide bonds. The van der Waals surface area contributed by atoms with Crippen LogP contribution in [0, 0.1) is 5.41 Å².